The molecule has 168 valence electrons. The lowest BCUT2D eigenvalue weighted by Gasteiger charge is -2.31. The van der Waals surface area contributed by atoms with Gasteiger partial charge in [-0.2, -0.15) is 0 Å². The minimum absolute atomic E-state index is 0.0203. The number of aliphatic hydroxyl groups excluding tert-OH is 1. The molecule has 6 nitrogen and oxygen atoms in total. The Kier molecular flexibility index (Phi) is 11.3. The Bertz CT molecular complexity index is 553. The average molecular weight is 430 g/mol. The summed E-state index contributed by atoms with van der Waals surface area (Å²) in [5.41, 5.74) is 0.0849. The zero-order valence-electron chi connectivity index (χ0n) is 18.7. The van der Waals surface area contributed by atoms with Crippen molar-refractivity contribution in [3.8, 4) is 0 Å². The Morgan fingerprint density at radius 2 is 1.93 bits per heavy atom. The summed E-state index contributed by atoms with van der Waals surface area (Å²) in [7, 11) is 0. The largest absolute Gasteiger partial charge is 0.497 e. The van der Waals surface area contributed by atoms with Crippen molar-refractivity contribution >= 4 is 17.7 Å². The predicted octanol–water partition coefficient (Wildman–Crippen LogP) is 3.65. The first-order valence-corrected chi connectivity index (χ1v) is 11.3. The van der Waals surface area contributed by atoms with Gasteiger partial charge in [0.2, 0.25) is 5.91 Å². The molecule has 1 saturated heterocycles. The van der Waals surface area contributed by atoms with Gasteiger partial charge in [-0.25, -0.2) is 0 Å². The molecule has 2 N–H and O–H groups in total. The van der Waals surface area contributed by atoms with Crippen LogP contribution in [0.15, 0.2) is 24.1 Å². The van der Waals surface area contributed by atoms with E-state index in [4.69, 9.17) is 19.3 Å². The van der Waals surface area contributed by atoms with E-state index in [2.05, 4.69) is 11.9 Å². The van der Waals surface area contributed by atoms with Crippen LogP contribution in [0.5, 0.6) is 0 Å². The first-order chi connectivity index (χ1) is 13.6. The maximum atomic E-state index is 12.9. The normalized spacial score (nSPS) is 16.6. The van der Waals surface area contributed by atoms with Crippen molar-refractivity contribution < 1.29 is 24.1 Å². The van der Waals surface area contributed by atoms with Gasteiger partial charge in [0, 0.05) is 29.6 Å². The third-order valence-corrected chi connectivity index (χ3v) is 6.16. The Morgan fingerprint density at radius 1 is 1.28 bits per heavy atom. The molecule has 1 amide bonds. The Labute approximate surface area is 180 Å². The molecule has 0 unspecified atom stereocenters. The van der Waals surface area contributed by atoms with Crippen molar-refractivity contribution in [2.45, 2.75) is 63.9 Å². The number of hydrogen-bond acceptors (Lipinski definition) is 6. The summed E-state index contributed by atoms with van der Waals surface area (Å²) < 4.78 is 16.3. The van der Waals surface area contributed by atoms with Crippen LogP contribution in [0.2, 0.25) is 0 Å². The van der Waals surface area contributed by atoms with Gasteiger partial charge in [-0.1, -0.05) is 27.4 Å². The SMILES string of the molecule is C=C(/C=C(\OCCC)C(C)(C)COCCO)NC(=O)C(C)(C)SC1CCOCC1. The second kappa shape index (κ2) is 12.6. The number of rotatable bonds is 13. The summed E-state index contributed by atoms with van der Waals surface area (Å²) in [5.74, 6) is 0.636. The second-order valence-corrected chi connectivity index (χ2v) is 10.4. The van der Waals surface area contributed by atoms with Crippen LogP contribution in [-0.2, 0) is 19.0 Å². The molecule has 0 aliphatic carbocycles. The van der Waals surface area contributed by atoms with E-state index in [1.54, 1.807) is 17.8 Å². The highest BCUT2D eigenvalue weighted by Crippen LogP contribution is 2.34. The van der Waals surface area contributed by atoms with Crippen LogP contribution >= 0.6 is 11.8 Å². The van der Waals surface area contributed by atoms with Gasteiger partial charge in [0.25, 0.3) is 0 Å². The maximum absolute atomic E-state index is 12.9. The zero-order valence-corrected chi connectivity index (χ0v) is 19.5. The van der Waals surface area contributed by atoms with Gasteiger partial charge < -0.3 is 24.6 Å². The number of hydrogen-bond donors (Lipinski definition) is 2. The summed E-state index contributed by atoms with van der Waals surface area (Å²) in [6.07, 6.45) is 4.60. The van der Waals surface area contributed by atoms with Gasteiger partial charge in [0.15, 0.2) is 0 Å². The lowest BCUT2D eigenvalue weighted by Crippen LogP contribution is -2.41. The number of carbonyl (C=O) groups excluding carboxylic acids is 1. The Morgan fingerprint density at radius 3 is 2.52 bits per heavy atom. The molecule has 0 aromatic carbocycles. The number of aliphatic hydroxyl groups is 1. The molecule has 0 spiro atoms. The predicted molar refractivity (Wildman–Crippen MR) is 119 cm³/mol. The highest BCUT2D eigenvalue weighted by Gasteiger charge is 2.33. The minimum Gasteiger partial charge on any atom is -0.497 e. The van der Waals surface area contributed by atoms with Crippen molar-refractivity contribution in [3.05, 3.63) is 24.1 Å². The standard InChI is InChI=1S/C22H39NO5S/c1-7-11-28-19(21(3,4)16-27-14-10-24)15-17(2)23-20(25)22(5,6)29-18-8-12-26-13-9-18/h15,18,24H,2,7-14,16H2,1,3-6H3,(H,23,25)/b19-15-. The van der Waals surface area contributed by atoms with Crippen LogP contribution < -0.4 is 5.32 Å². The molecule has 1 rings (SSSR count). The molecular formula is C22H39NO5S. The second-order valence-electron chi connectivity index (χ2n) is 8.44. The van der Waals surface area contributed by atoms with Crippen LogP contribution in [-0.4, -0.2) is 60.7 Å². The molecule has 0 bridgehead atoms. The summed E-state index contributed by atoms with van der Waals surface area (Å²) >= 11 is 1.70. The third-order valence-electron chi connectivity index (χ3n) is 4.58. The minimum atomic E-state index is -0.566. The lowest BCUT2D eigenvalue weighted by atomic mass is 9.91. The molecule has 29 heavy (non-hydrogen) atoms. The van der Waals surface area contributed by atoms with Crippen LogP contribution in [0.25, 0.3) is 0 Å². The Hall–Kier alpha value is -1.02. The highest BCUT2D eigenvalue weighted by atomic mass is 32.2. The summed E-state index contributed by atoms with van der Waals surface area (Å²) in [5, 5.41) is 12.3. The van der Waals surface area contributed by atoms with Gasteiger partial charge in [0.1, 0.15) is 5.76 Å². The third kappa shape index (κ3) is 9.55. The van der Waals surface area contributed by atoms with Crippen molar-refractivity contribution in [2.75, 3.05) is 39.6 Å². The van der Waals surface area contributed by atoms with Gasteiger partial charge in [-0.3, -0.25) is 4.79 Å². The van der Waals surface area contributed by atoms with Crippen LogP contribution in [0.3, 0.4) is 0 Å². The molecule has 0 aromatic rings. The van der Waals surface area contributed by atoms with E-state index in [0.29, 0.717) is 29.9 Å². The fraction of sp³-hybridized carbons (Fsp3) is 0.773. The van der Waals surface area contributed by atoms with Crippen molar-refractivity contribution in [1.29, 1.82) is 0 Å². The molecule has 1 aliphatic rings. The summed E-state index contributed by atoms with van der Waals surface area (Å²) in [4.78, 5) is 12.9. The number of nitrogens with one attached hydrogen (secondary N) is 1. The van der Waals surface area contributed by atoms with Crippen molar-refractivity contribution in [3.63, 3.8) is 0 Å². The number of thioether (sulfide) groups is 1. The molecule has 7 heteroatoms. The first kappa shape index (κ1) is 26.0. The van der Waals surface area contributed by atoms with Gasteiger partial charge in [-0.15, -0.1) is 11.8 Å². The summed E-state index contributed by atoms with van der Waals surface area (Å²) in [6, 6.07) is 0. The van der Waals surface area contributed by atoms with Crippen LogP contribution in [0, 0.1) is 5.41 Å². The first-order valence-electron chi connectivity index (χ1n) is 10.4. The number of ether oxygens (including phenoxy) is 3. The quantitative estimate of drug-likeness (QED) is 0.264. The fourth-order valence-corrected chi connectivity index (χ4v) is 4.28. The number of amides is 1. The van der Waals surface area contributed by atoms with Crippen molar-refractivity contribution in [2.24, 2.45) is 5.41 Å². The fourth-order valence-electron chi connectivity index (χ4n) is 2.86. The maximum Gasteiger partial charge on any atom is 0.240 e. The molecular weight excluding hydrogens is 390 g/mol. The molecule has 0 radical (unpaired) electrons. The van der Waals surface area contributed by atoms with E-state index >= 15 is 0 Å². The van der Waals surface area contributed by atoms with Gasteiger partial charge in [-0.05, 0) is 39.2 Å². The van der Waals surface area contributed by atoms with E-state index < -0.39 is 10.2 Å². The molecule has 1 fully saturated rings. The number of carbonyl (C=O) groups is 1. The average Bonchev–Trinajstić information content (AvgIpc) is 2.65. The summed E-state index contributed by atoms with van der Waals surface area (Å²) in [6.45, 7) is 16.7. The van der Waals surface area contributed by atoms with Crippen LogP contribution in [0.4, 0.5) is 0 Å². The van der Waals surface area contributed by atoms with E-state index in [9.17, 15) is 4.79 Å². The zero-order chi connectivity index (χ0) is 21.9. The van der Waals surface area contributed by atoms with Crippen molar-refractivity contribution in [1.82, 2.24) is 5.32 Å². The molecule has 1 heterocycles. The topological polar surface area (TPSA) is 77.0 Å². The smallest absolute Gasteiger partial charge is 0.240 e. The molecule has 0 aromatic heterocycles. The van der Waals surface area contributed by atoms with Crippen LogP contribution in [0.1, 0.15) is 53.9 Å². The molecule has 0 saturated carbocycles. The van der Waals surface area contributed by atoms with E-state index in [-0.39, 0.29) is 19.1 Å². The lowest BCUT2D eigenvalue weighted by molar-refractivity contribution is -0.121. The van der Waals surface area contributed by atoms with E-state index in [0.717, 1.165) is 32.5 Å². The monoisotopic (exact) mass is 429 g/mol. The highest BCUT2D eigenvalue weighted by molar-refractivity contribution is 8.01. The van der Waals surface area contributed by atoms with E-state index in [1.165, 1.54) is 0 Å². The van der Waals surface area contributed by atoms with Gasteiger partial charge in [0.05, 0.1) is 31.2 Å². The molecule has 1 aliphatic heterocycles. The Balaban J connectivity index is 2.76. The molecule has 0 atom stereocenters. The number of allylic oxidation sites excluding steroid dienone is 1. The van der Waals surface area contributed by atoms with Gasteiger partial charge >= 0.3 is 0 Å². The van der Waals surface area contributed by atoms with E-state index in [1.807, 2.05) is 34.6 Å².